The van der Waals surface area contributed by atoms with Gasteiger partial charge in [0.15, 0.2) is 0 Å². The average Bonchev–Trinajstić information content (AvgIpc) is 3.57. The number of ether oxygens (including phenoxy) is 2. The summed E-state index contributed by atoms with van der Waals surface area (Å²) in [5.74, 6) is 1.90. The molecule has 5 nitrogen and oxygen atoms in total. The summed E-state index contributed by atoms with van der Waals surface area (Å²) < 4.78 is 13.9. The third-order valence-electron chi connectivity index (χ3n) is 6.42. The van der Waals surface area contributed by atoms with Crippen LogP contribution < -0.4 is 10.1 Å². The normalized spacial score (nSPS) is 17.5. The van der Waals surface area contributed by atoms with Crippen molar-refractivity contribution in [3.05, 3.63) is 89.6 Å². The van der Waals surface area contributed by atoms with E-state index in [4.69, 9.17) is 14.5 Å². The number of hydrogen-bond donors (Lipinski definition) is 1. The summed E-state index contributed by atoms with van der Waals surface area (Å²) in [5.41, 5.74) is 7.86. The molecule has 5 heteroatoms. The molecule has 2 aliphatic rings. The molecule has 3 heterocycles. The molecule has 0 unspecified atom stereocenters. The van der Waals surface area contributed by atoms with Crippen molar-refractivity contribution in [3.8, 4) is 11.4 Å². The van der Waals surface area contributed by atoms with Crippen LogP contribution in [0.5, 0.6) is 5.75 Å². The average molecular weight is 424 g/mol. The van der Waals surface area contributed by atoms with Gasteiger partial charge in [-0.05, 0) is 55.2 Å². The number of nitrogens with one attached hydrogen (secondary N) is 1. The lowest BCUT2D eigenvalue weighted by Gasteiger charge is -2.18. The minimum atomic E-state index is 0.0450. The van der Waals surface area contributed by atoms with Gasteiger partial charge in [-0.1, -0.05) is 30.3 Å². The maximum atomic E-state index is 6.03. The third-order valence-corrected chi connectivity index (χ3v) is 6.42. The standard InChI is InChI=1S/C27H25N3O2/c1-18-20(17-28-21-12-11-19-13-15-32-26(19)16-21)6-4-9-23(18)30-24-8-3-2-7-22(24)29-27(30)25-10-5-14-31-25/h2-4,6-9,11-12,16,25,28H,5,10,14-15,17H2,1H3/t25-/m1/s1. The van der Waals surface area contributed by atoms with Gasteiger partial charge >= 0.3 is 0 Å². The van der Waals surface area contributed by atoms with Crippen LogP contribution in [-0.4, -0.2) is 22.8 Å². The Morgan fingerprint density at radius 1 is 1.12 bits per heavy atom. The Bertz CT molecular complexity index is 1290. The second kappa shape index (κ2) is 7.99. The quantitative estimate of drug-likeness (QED) is 0.453. The molecule has 3 aromatic carbocycles. The molecule has 1 atom stereocenters. The molecule has 32 heavy (non-hydrogen) atoms. The van der Waals surface area contributed by atoms with E-state index < -0.39 is 0 Å². The fourth-order valence-corrected chi connectivity index (χ4v) is 4.69. The molecule has 0 saturated carbocycles. The third kappa shape index (κ3) is 3.33. The van der Waals surface area contributed by atoms with Crippen LogP contribution in [0.25, 0.3) is 16.7 Å². The van der Waals surface area contributed by atoms with Gasteiger partial charge in [-0.25, -0.2) is 4.98 Å². The summed E-state index contributed by atoms with van der Waals surface area (Å²) >= 11 is 0. The number of para-hydroxylation sites is 2. The van der Waals surface area contributed by atoms with E-state index in [1.807, 2.05) is 12.1 Å². The van der Waals surface area contributed by atoms with Crippen molar-refractivity contribution in [2.45, 2.75) is 32.4 Å². The molecule has 4 aromatic rings. The van der Waals surface area contributed by atoms with E-state index in [-0.39, 0.29) is 6.10 Å². The molecular formula is C27H25N3O2. The van der Waals surface area contributed by atoms with Crippen LogP contribution in [0.4, 0.5) is 5.69 Å². The molecular weight excluding hydrogens is 398 g/mol. The van der Waals surface area contributed by atoms with Crippen LogP contribution in [0.3, 0.4) is 0 Å². The minimum absolute atomic E-state index is 0.0450. The van der Waals surface area contributed by atoms with E-state index in [0.717, 1.165) is 65.5 Å². The van der Waals surface area contributed by atoms with Crippen LogP contribution in [0.15, 0.2) is 60.7 Å². The van der Waals surface area contributed by atoms with Gasteiger partial charge in [0.25, 0.3) is 0 Å². The smallest absolute Gasteiger partial charge is 0.143 e. The van der Waals surface area contributed by atoms with Crippen LogP contribution in [0, 0.1) is 13.3 Å². The zero-order chi connectivity index (χ0) is 21.5. The van der Waals surface area contributed by atoms with Crippen molar-refractivity contribution in [1.82, 2.24) is 9.55 Å². The fourth-order valence-electron chi connectivity index (χ4n) is 4.69. The SMILES string of the molecule is Cc1c(CNc2ccc3c(c2)OC[C]3)cccc1-n1c([C@H]2CCCO2)nc2ccccc21. The minimum Gasteiger partial charge on any atom is -0.492 e. The number of benzene rings is 3. The van der Waals surface area contributed by atoms with Gasteiger partial charge in [0.1, 0.15) is 24.3 Å². The zero-order valence-electron chi connectivity index (χ0n) is 18.1. The highest BCUT2D eigenvalue weighted by Crippen LogP contribution is 2.34. The monoisotopic (exact) mass is 423 g/mol. The summed E-state index contributed by atoms with van der Waals surface area (Å²) in [5, 5.41) is 3.55. The molecule has 2 aliphatic heterocycles. The first-order valence-corrected chi connectivity index (χ1v) is 11.2. The van der Waals surface area contributed by atoms with Gasteiger partial charge in [-0.15, -0.1) is 0 Å². The van der Waals surface area contributed by atoms with Gasteiger partial charge in [-0.3, -0.25) is 4.57 Å². The van der Waals surface area contributed by atoms with E-state index in [1.165, 1.54) is 11.1 Å². The molecule has 160 valence electrons. The number of rotatable bonds is 5. The van der Waals surface area contributed by atoms with Gasteiger partial charge in [0.05, 0.1) is 23.1 Å². The van der Waals surface area contributed by atoms with Gasteiger partial charge in [0.2, 0.25) is 0 Å². The Labute approximate surface area is 188 Å². The Kier molecular flexibility index (Phi) is 4.84. The fraction of sp³-hybridized carbons (Fsp3) is 0.259. The number of fused-ring (bicyclic) bond motifs is 2. The molecule has 0 aliphatic carbocycles. The molecule has 0 bridgehead atoms. The topological polar surface area (TPSA) is 48.3 Å². The van der Waals surface area contributed by atoms with Crippen LogP contribution in [0.1, 0.15) is 41.5 Å². The Morgan fingerprint density at radius 3 is 2.97 bits per heavy atom. The van der Waals surface area contributed by atoms with Crippen molar-refractivity contribution >= 4 is 16.7 Å². The second-order valence-electron chi connectivity index (χ2n) is 8.39. The van der Waals surface area contributed by atoms with Gasteiger partial charge in [-0.2, -0.15) is 0 Å². The zero-order valence-corrected chi connectivity index (χ0v) is 18.1. The summed E-state index contributed by atoms with van der Waals surface area (Å²) in [6, 6.07) is 21.0. The Morgan fingerprint density at radius 2 is 2.06 bits per heavy atom. The lowest BCUT2D eigenvalue weighted by Crippen LogP contribution is -2.10. The lowest BCUT2D eigenvalue weighted by molar-refractivity contribution is 0.104. The van der Waals surface area contributed by atoms with E-state index in [9.17, 15) is 0 Å². The van der Waals surface area contributed by atoms with E-state index in [1.54, 1.807) is 0 Å². The molecule has 1 fully saturated rings. The van der Waals surface area contributed by atoms with Crippen molar-refractivity contribution < 1.29 is 9.47 Å². The van der Waals surface area contributed by atoms with Crippen molar-refractivity contribution in [3.63, 3.8) is 0 Å². The molecule has 1 N–H and O–H groups in total. The Balaban J connectivity index is 1.36. The van der Waals surface area contributed by atoms with Crippen molar-refractivity contribution in [2.75, 3.05) is 18.5 Å². The highest BCUT2D eigenvalue weighted by Gasteiger charge is 2.26. The van der Waals surface area contributed by atoms with E-state index >= 15 is 0 Å². The number of anilines is 1. The molecule has 0 spiro atoms. The molecule has 6 rings (SSSR count). The summed E-state index contributed by atoms with van der Waals surface area (Å²) in [6.07, 6.45) is 5.35. The number of hydrogen-bond acceptors (Lipinski definition) is 4. The highest BCUT2D eigenvalue weighted by atomic mass is 16.5. The largest absolute Gasteiger partial charge is 0.492 e. The van der Waals surface area contributed by atoms with Crippen LogP contribution >= 0.6 is 0 Å². The molecule has 0 amide bonds. The summed E-state index contributed by atoms with van der Waals surface area (Å²) in [4.78, 5) is 4.97. The first-order valence-electron chi connectivity index (χ1n) is 11.2. The first-order chi connectivity index (χ1) is 15.8. The maximum Gasteiger partial charge on any atom is 0.143 e. The van der Waals surface area contributed by atoms with E-state index in [2.05, 4.69) is 71.8 Å². The number of aromatic nitrogens is 2. The number of imidazole rings is 1. The van der Waals surface area contributed by atoms with Crippen molar-refractivity contribution in [1.29, 1.82) is 0 Å². The summed E-state index contributed by atoms with van der Waals surface area (Å²) in [6.45, 7) is 4.26. The molecule has 1 saturated heterocycles. The Hall–Kier alpha value is -3.31. The first kappa shape index (κ1) is 19.4. The predicted octanol–water partition coefficient (Wildman–Crippen LogP) is 5.62. The molecule has 2 radical (unpaired) electrons. The second-order valence-corrected chi connectivity index (χ2v) is 8.39. The van der Waals surface area contributed by atoms with Gasteiger partial charge < -0.3 is 14.8 Å². The summed E-state index contributed by atoms with van der Waals surface area (Å²) in [7, 11) is 0. The van der Waals surface area contributed by atoms with Crippen LogP contribution in [-0.2, 0) is 11.3 Å². The molecule has 1 aromatic heterocycles. The lowest BCUT2D eigenvalue weighted by atomic mass is 10.1. The van der Waals surface area contributed by atoms with E-state index in [0.29, 0.717) is 6.61 Å². The van der Waals surface area contributed by atoms with Crippen molar-refractivity contribution in [2.24, 2.45) is 0 Å². The number of nitrogens with zero attached hydrogens (tertiary/aromatic N) is 2. The van der Waals surface area contributed by atoms with Crippen LogP contribution in [0.2, 0.25) is 0 Å². The predicted molar refractivity (Wildman–Crippen MR) is 125 cm³/mol. The maximum absolute atomic E-state index is 6.03. The van der Waals surface area contributed by atoms with Gasteiger partial charge in [0, 0.05) is 30.5 Å². The highest BCUT2D eigenvalue weighted by molar-refractivity contribution is 5.79.